The summed E-state index contributed by atoms with van der Waals surface area (Å²) >= 11 is 0. The molecule has 0 amide bonds. The molecule has 0 aliphatic rings. The van der Waals surface area contributed by atoms with Gasteiger partial charge in [0, 0.05) is 18.3 Å². The third-order valence-electron chi connectivity index (χ3n) is 3.33. The maximum absolute atomic E-state index is 5.69. The summed E-state index contributed by atoms with van der Waals surface area (Å²) in [5, 5.41) is 3.39. The van der Waals surface area contributed by atoms with Crippen LogP contribution in [0, 0.1) is 6.92 Å². The van der Waals surface area contributed by atoms with E-state index in [2.05, 4.69) is 55.3 Å². The summed E-state index contributed by atoms with van der Waals surface area (Å²) in [6, 6.07) is 8.63. The number of hydrogen-bond donors (Lipinski definition) is 1. The quantitative estimate of drug-likeness (QED) is 0.835. The van der Waals surface area contributed by atoms with Crippen LogP contribution in [0.2, 0.25) is 0 Å². The first-order valence-electron chi connectivity index (χ1n) is 7.63. The fraction of sp³-hybridized carbons (Fsp3) is 0.389. The monoisotopic (exact) mass is 284 g/mol. The van der Waals surface area contributed by atoms with Gasteiger partial charge in [0.1, 0.15) is 5.75 Å². The van der Waals surface area contributed by atoms with E-state index in [9.17, 15) is 0 Å². The van der Waals surface area contributed by atoms with Crippen LogP contribution >= 0.6 is 0 Å². The molecular weight excluding hydrogens is 260 g/mol. The Bertz CT molecular complexity index is 581. The average molecular weight is 284 g/mol. The number of pyridine rings is 1. The van der Waals surface area contributed by atoms with E-state index in [4.69, 9.17) is 4.74 Å². The minimum Gasteiger partial charge on any atom is -0.492 e. The predicted octanol–water partition coefficient (Wildman–Crippen LogP) is 3.96. The zero-order valence-corrected chi connectivity index (χ0v) is 13.1. The Hall–Kier alpha value is -1.87. The highest BCUT2D eigenvalue weighted by Gasteiger charge is 2.07. The van der Waals surface area contributed by atoms with Crippen molar-refractivity contribution in [2.24, 2.45) is 0 Å². The first kappa shape index (κ1) is 15.5. The zero-order valence-electron chi connectivity index (χ0n) is 13.1. The lowest BCUT2D eigenvalue weighted by Crippen LogP contribution is -2.12. The Morgan fingerprint density at radius 3 is 2.76 bits per heavy atom. The predicted molar refractivity (Wildman–Crippen MR) is 87.6 cm³/mol. The van der Waals surface area contributed by atoms with Gasteiger partial charge in [0.15, 0.2) is 0 Å². The summed E-state index contributed by atoms with van der Waals surface area (Å²) in [5.74, 6) is 0.838. The number of ether oxygens (including phenoxy) is 1. The molecule has 3 heteroatoms. The molecule has 0 aliphatic carbocycles. The van der Waals surface area contributed by atoms with E-state index in [-0.39, 0.29) is 0 Å². The highest BCUT2D eigenvalue weighted by Crippen LogP contribution is 2.27. The molecule has 0 aliphatic heterocycles. The molecule has 0 radical (unpaired) electrons. The zero-order chi connectivity index (χ0) is 15.1. The lowest BCUT2D eigenvalue weighted by atomic mass is 9.98. The molecule has 0 spiro atoms. The number of rotatable bonds is 7. The van der Waals surface area contributed by atoms with Crippen LogP contribution in [0.25, 0.3) is 11.1 Å². The fourth-order valence-corrected chi connectivity index (χ4v) is 2.24. The number of aryl methyl sites for hydroxylation is 1. The first-order valence-corrected chi connectivity index (χ1v) is 7.63. The summed E-state index contributed by atoms with van der Waals surface area (Å²) in [5.41, 5.74) is 4.88. The lowest BCUT2D eigenvalue weighted by Gasteiger charge is -2.12. The summed E-state index contributed by atoms with van der Waals surface area (Å²) in [7, 11) is 0. The standard InChI is InChI=1S/C18H24N2O/c1-4-8-21-17-10-16(12-20-13-17)18-9-14(3)6-7-15(18)11-19-5-2/h6-7,9-10,12-13,19H,4-5,8,11H2,1-3H3. The third kappa shape index (κ3) is 4.30. The molecule has 1 heterocycles. The average Bonchev–Trinajstić information content (AvgIpc) is 2.52. The van der Waals surface area contributed by atoms with Crippen molar-refractivity contribution >= 4 is 0 Å². The van der Waals surface area contributed by atoms with Crippen LogP contribution in [-0.4, -0.2) is 18.1 Å². The van der Waals surface area contributed by atoms with Crippen LogP contribution in [0.5, 0.6) is 5.75 Å². The van der Waals surface area contributed by atoms with Gasteiger partial charge in [-0.15, -0.1) is 0 Å². The van der Waals surface area contributed by atoms with Gasteiger partial charge in [-0.05, 0) is 37.1 Å². The minimum atomic E-state index is 0.725. The van der Waals surface area contributed by atoms with Crippen LogP contribution in [0.3, 0.4) is 0 Å². The van der Waals surface area contributed by atoms with Gasteiger partial charge in [-0.25, -0.2) is 0 Å². The van der Waals surface area contributed by atoms with E-state index in [1.165, 1.54) is 16.7 Å². The second-order valence-corrected chi connectivity index (χ2v) is 5.20. The van der Waals surface area contributed by atoms with Crippen LogP contribution in [0.15, 0.2) is 36.7 Å². The molecule has 1 aromatic carbocycles. The van der Waals surface area contributed by atoms with Gasteiger partial charge in [-0.2, -0.15) is 0 Å². The Labute approximate surface area is 127 Å². The molecule has 0 saturated heterocycles. The van der Waals surface area contributed by atoms with Crippen LogP contribution in [-0.2, 0) is 6.54 Å². The maximum Gasteiger partial charge on any atom is 0.138 e. The van der Waals surface area contributed by atoms with Crippen molar-refractivity contribution < 1.29 is 4.74 Å². The molecule has 0 unspecified atom stereocenters. The molecule has 1 N–H and O–H groups in total. The van der Waals surface area contributed by atoms with E-state index in [1.54, 1.807) is 6.20 Å². The van der Waals surface area contributed by atoms with Gasteiger partial charge in [0.05, 0.1) is 12.8 Å². The SMILES string of the molecule is CCCOc1cncc(-c2cc(C)ccc2CNCC)c1. The Kier molecular flexibility index (Phi) is 5.76. The van der Waals surface area contributed by atoms with Crippen molar-refractivity contribution in [3.05, 3.63) is 47.8 Å². The van der Waals surface area contributed by atoms with Gasteiger partial charge in [-0.3, -0.25) is 4.98 Å². The van der Waals surface area contributed by atoms with Crippen LogP contribution < -0.4 is 10.1 Å². The van der Waals surface area contributed by atoms with E-state index >= 15 is 0 Å². The molecule has 112 valence electrons. The molecule has 0 saturated carbocycles. The molecule has 1 aromatic heterocycles. The minimum absolute atomic E-state index is 0.725. The van der Waals surface area contributed by atoms with Crippen molar-refractivity contribution in [1.29, 1.82) is 0 Å². The Morgan fingerprint density at radius 1 is 1.14 bits per heavy atom. The summed E-state index contributed by atoms with van der Waals surface area (Å²) < 4.78 is 5.69. The number of hydrogen-bond acceptors (Lipinski definition) is 3. The maximum atomic E-state index is 5.69. The van der Waals surface area contributed by atoms with E-state index in [1.807, 2.05) is 6.20 Å². The summed E-state index contributed by atoms with van der Waals surface area (Å²) in [4.78, 5) is 4.32. The second kappa shape index (κ2) is 7.79. The molecule has 3 nitrogen and oxygen atoms in total. The summed E-state index contributed by atoms with van der Waals surface area (Å²) in [6.07, 6.45) is 4.68. The first-order chi connectivity index (χ1) is 10.2. The van der Waals surface area contributed by atoms with Gasteiger partial charge in [0.25, 0.3) is 0 Å². The van der Waals surface area contributed by atoms with Gasteiger partial charge in [-0.1, -0.05) is 37.6 Å². The molecule has 2 aromatic rings. The van der Waals surface area contributed by atoms with Crippen LogP contribution in [0.1, 0.15) is 31.4 Å². The largest absolute Gasteiger partial charge is 0.492 e. The lowest BCUT2D eigenvalue weighted by molar-refractivity contribution is 0.316. The van der Waals surface area contributed by atoms with Gasteiger partial charge < -0.3 is 10.1 Å². The van der Waals surface area contributed by atoms with Crippen molar-refractivity contribution in [1.82, 2.24) is 10.3 Å². The number of benzene rings is 1. The topological polar surface area (TPSA) is 34.1 Å². The summed E-state index contributed by atoms with van der Waals surface area (Å²) in [6.45, 7) is 8.90. The van der Waals surface area contributed by atoms with Crippen molar-refractivity contribution in [2.75, 3.05) is 13.2 Å². The Balaban J connectivity index is 2.33. The molecular formula is C18H24N2O. The number of aromatic nitrogens is 1. The molecule has 21 heavy (non-hydrogen) atoms. The molecule has 0 atom stereocenters. The van der Waals surface area contributed by atoms with E-state index < -0.39 is 0 Å². The second-order valence-electron chi connectivity index (χ2n) is 5.20. The Morgan fingerprint density at radius 2 is 2.00 bits per heavy atom. The molecule has 0 bridgehead atoms. The van der Waals surface area contributed by atoms with Crippen molar-refractivity contribution in [2.45, 2.75) is 33.7 Å². The fourth-order valence-electron chi connectivity index (χ4n) is 2.24. The van der Waals surface area contributed by atoms with Crippen LogP contribution in [0.4, 0.5) is 0 Å². The van der Waals surface area contributed by atoms with Gasteiger partial charge >= 0.3 is 0 Å². The number of nitrogens with one attached hydrogen (secondary N) is 1. The highest BCUT2D eigenvalue weighted by molar-refractivity contribution is 5.68. The normalized spacial score (nSPS) is 10.6. The van der Waals surface area contributed by atoms with Crippen molar-refractivity contribution in [3.8, 4) is 16.9 Å². The molecule has 2 rings (SSSR count). The van der Waals surface area contributed by atoms with Crippen molar-refractivity contribution in [3.63, 3.8) is 0 Å². The highest BCUT2D eigenvalue weighted by atomic mass is 16.5. The smallest absolute Gasteiger partial charge is 0.138 e. The van der Waals surface area contributed by atoms with E-state index in [0.29, 0.717) is 0 Å². The van der Waals surface area contributed by atoms with E-state index in [0.717, 1.165) is 37.4 Å². The third-order valence-corrected chi connectivity index (χ3v) is 3.33. The molecule has 0 fully saturated rings. The number of nitrogens with zero attached hydrogens (tertiary/aromatic N) is 1. The van der Waals surface area contributed by atoms with Gasteiger partial charge in [0.2, 0.25) is 0 Å².